The summed E-state index contributed by atoms with van der Waals surface area (Å²) >= 11 is 0. The number of nitriles is 1. The number of aryl methyl sites for hydroxylation is 1. The van der Waals surface area contributed by atoms with Crippen molar-refractivity contribution in [3.8, 4) is 6.07 Å². The SMILES string of the molecule is CC(C)CNCCCCn1ccc2cc(C#N)ccc21. The van der Waals surface area contributed by atoms with Crippen LogP contribution in [0.1, 0.15) is 32.3 Å². The number of nitrogens with one attached hydrogen (secondary N) is 1. The molecule has 0 fully saturated rings. The predicted molar refractivity (Wildman–Crippen MR) is 83.6 cm³/mol. The molecule has 0 amide bonds. The van der Waals surface area contributed by atoms with Gasteiger partial charge in [0.15, 0.2) is 0 Å². The van der Waals surface area contributed by atoms with Crippen LogP contribution in [0.4, 0.5) is 0 Å². The first-order chi connectivity index (χ1) is 9.70. The molecule has 0 atom stereocenters. The van der Waals surface area contributed by atoms with E-state index in [0.29, 0.717) is 0 Å². The second-order valence-electron chi connectivity index (χ2n) is 5.70. The van der Waals surface area contributed by atoms with E-state index in [1.165, 1.54) is 18.4 Å². The lowest BCUT2D eigenvalue weighted by Gasteiger charge is -2.08. The van der Waals surface area contributed by atoms with Gasteiger partial charge in [-0.15, -0.1) is 0 Å². The number of fused-ring (bicyclic) bond motifs is 1. The Morgan fingerprint density at radius 2 is 2.10 bits per heavy atom. The first-order valence-corrected chi connectivity index (χ1v) is 7.40. The molecule has 0 spiro atoms. The fraction of sp³-hybridized carbons (Fsp3) is 0.471. The smallest absolute Gasteiger partial charge is 0.0991 e. The van der Waals surface area contributed by atoms with Crippen LogP contribution in [-0.4, -0.2) is 17.7 Å². The number of nitrogens with zero attached hydrogens (tertiary/aromatic N) is 2. The fourth-order valence-corrected chi connectivity index (χ4v) is 2.39. The third-order valence-electron chi connectivity index (χ3n) is 3.46. The lowest BCUT2D eigenvalue weighted by Crippen LogP contribution is -2.20. The Morgan fingerprint density at radius 3 is 2.85 bits per heavy atom. The highest BCUT2D eigenvalue weighted by Gasteiger charge is 2.02. The van der Waals surface area contributed by atoms with E-state index < -0.39 is 0 Å². The summed E-state index contributed by atoms with van der Waals surface area (Å²) < 4.78 is 2.28. The summed E-state index contributed by atoms with van der Waals surface area (Å²) in [6.45, 7) is 7.70. The molecular weight excluding hydrogens is 246 g/mol. The standard InChI is InChI=1S/C17H23N3/c1-14(2)13-19-8-3-4-9-20-10-7-16-11-15(12-18)5-6-17(16)20/h5-7,10-11,14,19H,3-4,8-9,13H2,1-2H3. The van der Waals surface area contributed by atoms with Crippen LogP contribution >= 0.6 is 0 Å². The van der Waals surface area contributed by atoms with Crippen molar-refractivity contribution in [1.82, 2.24) is 9.88 Å². The van der Waals surface area contributed by atoms with Gasteiger partial charge in [-0.1, -0.05) is 13.8 Å². The summed E-state index contributed by atoms with van der Waals surface area (Å²) in [4.78, 5) is 0. The quantitative estimate of drug-likeness (QED) is 0.781. The van der Waals surface area contributed by atoms with E-state index in [-0.39, 0.29) is 0 Å². The molecule has 0 saturated heterocycles. The van der Waals surface area contributed by atoms with Crippen LogP contribution in [0.3, 0.4) is 0 Å². The lowest BCUT2D eigenvalue weighted by molar-refractivity contribution is 0.522. The maximum Gasteiger partial charge on any atom is 0.0991 e. The minimum absolute atomic E-state index is 0.720. The zero-order chi connectivity index (χ0) is 14.4. The Hall–Kier alpha value is -1.79. The first-order valence-electron chi connectivity index (χ1n) is 7.40. The average molecular weight is 269 g/mol. The summed E-state index contributed by atoms with van der Waals surface area (Å²) in [5, 5.41) is 13.5. The Kier molecular flexibility index (Phi) is 5.20. The topological polar surface area (TPSA) is 40.8 Å². The van der Waals surface area contributed by atoms with E-state index in [0.717, 1.165) is 36.5 Å². The summed E-state index contributed by atoms with van der Waals surface area (Å²) in [6, 6.07) is 10.2. The third kappa shape index (κ3) is 3.85. The molecule has 0 radical (unpaired) electrons. The molecule has 0 aliphatic carbocycles. The van der Waals surface area contributed by atoms with Crippen LogP contribution in [0.25, 0.3) is 10.9 Å². The zero-order valence-corrected chi connectivity index (χ0v) is 12.4. The Bertz CT molecular complexity index is 590. The molecule has 20 heavy (non-hydrogen) atoms. The van der Waals surface area contributed by atoms with Crippen LogP contribution in [0.5, 0.6) is 0 Å². The summed E-state index contributed by atoms with van der Waals surface area (Å²) in [7, 11) is 0. The maximum atomic E-state index is 8.90. The van der Waals surface area contributed by atoms with Crippen molar-refractivity contribution < 1.29 is 0 Å². The predicted octanol–water partition coefficient (Wildman–Crippen LogP) is 3.54. The van der Waals surface area contributed by atoms with Gasteiger partial charge in [0.2, 0.25) is 0 Å². The molecule has 1 N–H and O–H groups in total. The van der Waals surface area contributed by atoms with E-state index >= 15 is 0 Å². The molecule has 0 bridgehead atoms. The van der Waals surface area contributed by atoms with Gasteiger partial charge >= 0.3 is 0 Å². The number of unbranched alkanes of at least 4 members (excludes halogenated alkanes) is 1. The molecule has 2 aromatic rings. The molecule has 3 heteroatoms. The monoisotopic (exact) mass is 269 g/mol. The van der Waals surface area contributed by atoms with Crippen molar-refractivity contribution in [2.24, 2.45) is 5.92 Å². The molecule has 0 unspecified atom stereocenters. The van der Waals surface area contributed by atoms with Crippen molar-refractivity contribution >= 4 is 10.9 Å². The van der Waals surface area contributed by atoms with E-state index in [1.807, 2.05) is 18.2 Å². The minimum Gasteiger partial charge on any atom is -0.347 e. The Labute approximate surface area is 121 Å². The van der Waals surface area contributed by atoms with E-state index in [9.17, 15) is 0 Å². The second-order valence-corrected chi connectivity index (χ2v) is 5.70. The van der Waals surface area contributed by atoms with Crippen molar-refractivity contribution in [2.75, 3.05) is 13.1 Å². The van der Waals surface area contributed by atoms with E-state index in [1.54, 1.807) is 0 Å². The fourth-order valence-electron chi connectivity index (χ4n) is 2.39. The number of rotatable bonds is 7. The van der Waals surface area contributed by atoms with Crippen LogP contribution in [-0.2, 0) is 6.54 Å². The second kappa shape index (κ2) is 7.12. The van der Waals surface area contributed by atoms with Gasteiger partial charge in [0.25, 0.3) is 0 Å². The van der Waals surface area contributed by atoms with Gasteiger partial charge in [-0.05, 0) is 56.1 Å². The normalized spacial score (nSPS) is 11.1. The van der Waals surface area contributed by atoms with Gasteiger partial charge in [0, 0.05) is 23.6 Å². The molecule has 0 aliphatic heterocycles. The molecule has 0 saturated carbocycles. The molecule has 1 heterocycles. The molecule has 1 aromatic heterocycles. The van der Waals surface area contributed by atoms with Crippen molar-refractivity contribution in [3.63, 3.8) is 0 Å². The molecule has 106 valence electrons. The highest BCUT2D eigenvalue weighted by Crippen LogP contribution is 2.18. The van der Waals surface area contributed by atoms with Crippen molar-refractivity contribution in [3.05, 3.63) is 36.0 Å². The first kappa shape index (κ1) is 14.6. The summed E-state index contributed by atoms with van der Waals surface area (Å²) in [6.07, 6.45) is 4.49. The van der Waals surface area contributed by atoms with Gasteiger partial charge in [0.05, 0.1) is 11.6 Å². The highest BCUT2D eigenvalue weighted by atomic mass is 14.9. The molecular formula is C17H23N3. The Morgan fingerprint density at radius 1 is 1.25 bits per heavy atom. The zero-order valence-electron chi connectivity index (χ0n) is 12.4. The number of hydrogen-bond donors (Lipinski definition) is 1. The van der Waals surface area contributed by atoms with Crippen LogP contribution in [0.2, 0.25) is 0 Å². The van der Waals surface area contributed by atoms with Crippen molar-refractivity contribution in [1.29, 1.82) is 5.26 Å². The summed E-state index contributed by atoms with van der Waals surface area (Å²) in [5.41, 5.74) is 1.95. The van der Waals surface area contributed by atoms with Crippen LogP contribution in [0.15, 0.2) is 30.5 Å². The third-order valence-corrected chi connectivity index (χ3v) is 3.46. The lowest BCUT2D eigenvalue weighted by atomic mass is 10.2. The van der Waals surface area contributed by atoms with Gasteiger partial charge in [-0.2, -0.15) is 5.26 Å². The molecule has 0 aliphatic rings. The minimum atomic E-state index is 0.720. The van der Waals surface area contributed by atoms with Gasteiger partial charge < -0.3 is 9.88 Å². The summed E-state index contributed by atoms with van der Waals surface area (Å²) in [5.74, 6) is 0.720. The maximum absolute atomic E-state index is 8.90. The molecule has 2 rings (SSSR count). The van der Waals surface area contributed by atoms with Crippen LogP contribution in [0, 0.1) is 17.2 Å². The van der Waals surface area contributed by atoms with Gasteiger partial charge in [-0.25, -0.2) is 0 Å². The average Bonchev–Trinajstić information content (AvgIpc) is 2.84. The Balaban J connectivity index is 1.83. The van der Waals surface area contributed by atoms with E-state index in [2.05, 4.69) is 42.1 Å². The highest BCUT2D eigenvalue weighted by molar-refractivity contribution is 5.81. The van der Waals surface area contributed by atoms with Gasteiger partial charge in [0.1, 0.15) is 0 Å². The molecule has 3 nitrogen and oxygen atoms in total. The van der Waals surface area contributed by atoms with Gasteiger partial charge in [-0.3, -0.25) is 0 Å². The largest absolute Gasteiger partial charge is 0.347 e. The van der Waals surface area contributed by atoms with Crippen molar-refractivity contribution in [2.45, 2.75) is 33.2 Å². The molecule has 1 aromatic carbocycles. The van der Waals surface area contributed by atoms with E-state index in [4.69, 9.17) is 5.26 Å². The number of hydrogen-bond acceptors (Lipinski definition) is 2. The van der Waals surface area contributed by atoms with Crippen LogP contribution < -0.4 is 5.32 Å². The number of benzene rings is 1. The number of aromatic nitrogens is 1.